The summed E-state index contributed by atoms with van der Waals surface area (Å²) < 4.78 is 0. The number of carboxylic acid groups (broad SMARTS) is 5. The van der Waals surface area contributed by atoms with E-state index in [1.807, 2.05) is 52.7 Å². The highest BCUT2D eigenvalue weighted by Gasteiger charge is 2.28. The number of nitrogens with two attached hydrogens (primary N) is 1. The van der Waals surface area contributed by atoms with E-state index >= 15 is 0 Å². The fraction of sp³-hybridized carbons (Fsp3) is 0.795. The van der Waals surface area contributed by atoms with Crippen LogP contribution in [0.5, 0.6) is 0 Å². The number of hydrogen-bond acceptors (Lipinski definition) is 25. The van der Waals surface area contributed by atoms with E-state index in [1.165, 1.54) is 4.90 Å². The smallest absolute Gasteiger partial charge is 0.320 e. The van der Waals surface area contributed by atoms with Gasteiger partial charge in [-0.15, -0.1) is 0 Å². The molecule has 18 N–H and O–H groups in total. The minimum atomic E-state index is -1.23. The molecule has 0 aliphatic heterocycles. The Morgan fingerprint density at radius 1 is 0.292 bits per heavy atom. The second kappa shape index (κ2) is 64.0. The van der Waals surface area contributed by atoms with E-state index in [4.69, 9.17) is 5.73 Å². The summed E-state index contributed by atoms with van der Waals surface area (Å²) >= 11 is 0. The van der Waals surface area contributed by atoms with Crippen molar-refractivity contribution in [1.29, 1.82) is 0 Å². The van der Waals surface area contributed by atoms with E-state index in [0.29, 0.717) is 90.5 Å². The van der Waals surface area contributed by atoms with Crippen molar-refractivity contribution in [3.8, 4) is 0 Å². The average molecular weight is 1620 g/mol. The zero-order valence-electron chi connectivity index (χ0n) is 68.5. The minimum absolute atomic E-state index is 0.0272. The summed E-state index contributed by atoms with van der Waals surface area (Å²) in [6.07, 6.45) is 7.23. The third kappa shape index (κ3) is 57.4. The fourth-order valence-electron chi connectivity index (χ4n) is 11.6. The van der Waals surface area contributed by atoms with Gasteiger partial charge in [0.25, 0.3) is 0 Å². The predicted octanol–water partition coefficient (Wildman–Crippen LogP) is -3.02. The van der Waals surface area contributed by atoms with Gasteiger partial charge in [-0.1, -0.05) is 39.0 Å². The molecule has 0 rings (SSSR count). The van der Waals surface area contributed by atoms with Gasteiger partial charge in [-0.2, -0.15) is 0 Å². The number of likely N-dealkylation sites (N-methyl/N-ethyl adjacent to an activating group) is 2. The number of rotatable bonds is 72. The maximum atomic E-state index is 13.4. The van der Waals surface area contributed by atoms with Crippen molar-refractivity contribution in [3.63, 3.8) is 0 Å². The first-order valence-corrected chi connectivity index (χ1v) is 39.4. The standard InChI is InChI=1S/C73H138N20O20/c1-10-59(94)76-49-78-67(102)33-47-93(48-34-68(103)85-52-80-62(97)28-42-90(9)38-18-14-24-57(72(110)111)88(6)7)58(73(112)113)25-15-20-40-92(45-31-64(99)82-51-79-61(96)27-41-89(8)37-17-13-23-56(71(108)109)87(4)5)46-32-66(101)84-53-83-65(100)30-44-91(39-19-11-21-54(74)69(104)105)43-29-63(98)81-50-77-60(95)26-35-75-55(70(106)107)22-12-16-36-86(2)3/h54-58,75H,10-53,74H2,1-9H3,(H,76,94)(H,77,95)(H,78,102)(H,79,96)(H,80,97)(H,81,98)(H,82,99)(H,83,100)(H,84,101)(H,85,103)(H,104,105)(H,106,107)(H,108,109)(H,110,111)(H,112,113). The van der Waals surface area contributed by atoms with Crippen LogP contribution in [0.15, 0.2) is 0 Å². The minimum Gasteiger partial charge on any atom is -0.480 e. The van der Waals surface area contributed by atoms with E-state index in [2.05, 4.69) is 58.5 Å². The average Bonchev–Trinajstić information content (AvgIpc) is 0.806. The topological polar surface area (TPSA) is 541 Å². The van der Waals surface area contributed by atoms with Crippen LogP contribution in [0.2, 0.25) is 0 Å². The number of nitrogens with zero attached hydrogens (tertiary/aromatic N) is 8. The molecule has 5 atom stereocenters. The van der Waals surface area contributed by atoms with Gasteiger partial charge in [0.05, 0.1) is 33.3 Å². The van der Waals surface area contributed by atoms with Crippen LogP contribution in [0, 0.1) is 0 Å². The van der Waals surface area contributed by atoms with Crippen LogP contribution in [0.4, 0.5) is 0 Å². The largest absolute Gasteiger partial charge is 0.480 e. The molecule has 0 bridgehead atoms. The molecule has 5 unspecified atom stereocenters. The number of amides is 10. The third-order valence-corrected chi connectivity index (χ3v) is 18.7. The molecule has 0 saturated heterocycles. The van der Waals surface area contributed by atoms with Crippen molar-refractivity contribution in [2.24, 2.45) is 5.73 Å². The normalized spacial score (nSPS) is 12.8. The zero-order chi connectivity index (χ0) is 85.1. The molecule has 0 aliphatic carbocycles. The first-order valence-electron chi connectivity index (χ1n) is 39.4. The fourth-order valence-corrected chi connectivity index (χ4v) is 11.6. The predicted molar refractivity (Wildman–Crippen MR) is 422 cm³/mol. The van der Waals surface area contributed by atoms with Crippen LogP contribution in [0.1, 0.15) is 167 Å². The van der Waals surface area contributed by atoms with E-state index in [9.17, 15) is 97.5 Å². The van der Waals surface area contributed by atoms with Gasteiger partial charge in [-0.25, -0.2) is 0 Å². The number of carboxylic acids is 5. The van der Waals surface area contributed by atoms with Gasteiger partial charge < -0.3 is 114 Å². The molecular formula is C73H138N20O20. The molecular weight excluding hydrogens is 1480 g/mol. The van der Waals surface area contributed by atoms with Crippen molar-refractivity contribution in [2.45, 2.75) is 198 Å². The second-order valence-corrected chi connectivity index (χ2v) is 28.9. The molecule has 0 fully saturated rings. The molecule has 113 heavy (non-hydrogen) atoms. The lowest BCUT2D eigenvalue weighted by molar-refractivity contribution is -0.145. The van der Waals surface area contributed by atoms with E-state index in [1.54, 1.807) is 44.9 Å². The van der Waals surface area contributed by atoms with Crippen LogP contribution in [-0.2, 0) is 71.9 Å². The molecule has 0 radical (unpaired) electrons. The highest BCUT2D eigenvalue weighted by molar-refractivity contribution is 5.82. The number of unbranched alkanes of at least 4 members (excludes halogenated alkanes) is 5. The Hall–Kier alpha value is -8.35. The molecule has 0 spiro atoms. The Kier molecular flexibility index (Phi) is 59.3. The molecule has 0 heterocycles. The van der Waals surface area contributed by atoms with Crippen molar-refractivity contribution >= 4 is 88.9 Å². The molecule has 40 heteroatoms. The van der Waals surface area contributed by atoms with E-state index < -0.39 is 101 Å². The van der Waals surface area contributed by atoms with Gasteiger partial charge >= 0.3 is 29.8 Å². The summed E-state index contributed by atoms with van der Waals surface area (Å²) in [6, 6.07) is -4.25. The number of hydrogen-bond donors (Lipinski definition) is 17. The first kappa shape index (κ1) is 105. The number of aliphatic carboxylic acids is 5. The highest BCUT2D eigenvalue weighted by Crippen LogP contribution is 2.15. The van der Waals surface area contributed by atoms with Crippen LogP contribution in [0.25, 0.3) is 0 Å². The molecule has 650 valence electrons. The monoisotopic (exact) mass is 1620 g/mol. The summed E-state index contributed by atoms with van der Waals surface area (Å²) in [4.78, 5) is 202. The summed E-state index contributed by atoms with van der Waals surface area (Å²) in [5.41, 5.74) is 5.70. The van der Waals surface area contributed by atoms with Crippen molar-refractivity contribution in [2.75, 3.05) is 181 Å². The molecule has 0 aromatic heterocycles. The zero-order valence-corrected chi connectivity index (χ0v) is 68.5. The Balaban J connectivity index is 6.06. The lowest BCUT2D eigenvalue weighted by atomic mass is 10.1. The first-order chi connectivity index (χ1) is 53.5. The van der Waals surface area contributed by atoms with Crippen LogP contribution in [-0.4, -0.2) is 365 Å². The molecule has 0 aromatic carbocycles. The van der Waals surface area contributed by atoms with Gasteiger partial charge in [-0.05, 0) is 153 Å². The molecule has 40 nitrogen and oxygen atoms in total. The maximum Gasteiger partial charge on any atom is 0.320 e. The molecule has 0 aromatic rings. The molecule has 10 amide bonds. The van der Waals surface area contributed by atoms with Crippen LogP contribution >= 0.6 is 0 Å². The van der Waals surface area contributed by atoms with E-state index in [-0.39, 0.29) is 187 Å². The number of carbonyl (C=O) groups excluding carboxylic acids is 10. The third-order valence-electron chi connectivity index (χ3n) is 18.7. The van der Waals surface area contributed by atoms with Gasteiger partial charge in [0.1, 0.15) is 30.2 Å². The summed E-state index contributed by atoms with van der Waals surface area (Å²) in [6.45, 7) is 4.72. The quantitative estimate of drug-likeness (QED) is 0.0213. The molecule has 0 aliphatic rings. The Bertz CT molecular complexity index is 2850. The summed E-state index contributed by atoms with van der Waals surface area (Å²) in [5.74, 6) is -9.29. The van der Waals surface area contributed by atoms with Gasteiger partial charge in [-0.3, -0.25) is 86.6 Å². The SMILES string of the molecule is CCC(=O)NCNC(=O)CCN(CCC(=O)NCNC(=O)CCN(C)CCCCC(C(=O)O)N(C)C)C(CCCCN(CCC(=O)NCNC(=O)CCN(C)CCCCC(C(=O)O)N(C)C)CCC(=O)NCNC(=O)CCN(CCCCC(N)C(=O)O)CCC(=O)NCNC(=O)CCNC(CCCCN(C)C)C(=O)O)C(=O)O. The Morgan fingerprint density at radius 3 is 0.885 bits per heavy atom. The Morgan fingerprint density at radius 2 is 0.575 bits per heavy atom. The number of nitrogens with one attached hydrogen (secondary N) is 11. The second-order valence-electron chi connectivity index (χ2n) is 28.9. The molecule has 0 saturated carbocycles. The summed E-state index contributed by atoms with van der Waals surface area (Å²) in [5, 5.41) is 77.5. The number of carbonyl (C=O) groups is 15. The lowest BCUT2D eigenvalue weighted by Gasteiger charge is -2.29. The van der Waals surface area contributed by atoms with Gasteiger partial charge in [0.15, 0.2) is 0 Å². The van der Waals surface area contributed by atoms with Crippen molar-refractivity contribution in [1.82, 2.24) is 97.7 Å². The Labute approximate surface area is 666 Å². The van der Waals surface area contributed by atoms with E-state index in [0.717, 1.165) is 25.8 Å². The highest BCUT2D eigenvalue weighted by atomic mass is 16.4. The van der Waals surface area contributed by atoms with Gasteiger partial charge in [0, 0.05) is 123 Å². The lowest BCUT2D eigenvalue weighted by Crippen LogP contribution is -2.46. The van der Waals surface area contributed by atoms with Crippen LogP contribution in [0.3, 0.4) is 0 Å². The van der Waals surface area contributed by atoms with Crippen molar-refractivity contribution in [3.05, 3.63) is 0 Å². The summed E-state index contributed by atoms with van der Waals surface area (Å²) in [7, 11) is 14.4. The van der Waals surface area contributed by atoms with Crippen molar-refractivity contribution < 1.29 is 97.5 Å². The van der Waals surface area contributed by atoms with Gasteiger partial charge in [0.2, 0.25) is 59.1 Å². The van der Waals surface area contributed by atoms with Crippen LogP contribution < -0.4 is 64.2 Å². The maximum absolute atomic E-state index is 13.4.